The molecule has 2 rings (SSSR count). The summed E-state index contributed by atoms with van der Waals surface area (Å²) >= 11 is 12.2. The predicted molar refractivity (Wildman–Crippen MR) is 77.2 cm³/mol. The second kappa shape index (κ2) is 6.23. The standard InChI is InChI=1S/C14H20Cl2N2/c1-9-4-3-5-10(6-9)13(17-2)14-12(16)7-11(15)8-18-14/h7-10,13,17H,3-6H2,1-2H3. The van der Waals surface area contributed by atoms with Crippen LogP contribution in [0.1, 0.15) is 44.3 Å². The highest BCUT2D eigenvalue weighted by Gasteiger charge is 2.28. The molecule has 0 saturated heterocycles. The average molecular weight is 287 g/mol. The van der Waals surface area contributed by atoms with Crippen LogP contribution in [0.4, 0.5) is 0 Å². The molecule has 1 N–H and O–H groups in total. The Morgan fingerprint density at radius 3 is 2.78 bits per heavy atom. The van der Waals surface area contributed by atoms with Crippen LogP contribution in [0.15, 0.2) is 12.3 Å². The Balaban J connectivity index is 2.21. The molecule has 1 aliphatic rings. The molecule has 3 unspecified atom stereocenters. The number of aromatic nitrogens is 1. The maximum atomic E-state index is 6.27. The van der Waals surface area contributed by atoms with Gasteiger partial charge in [0.15, 0.2) is 0 Å². The smallest absolute Gasteiger partial charge is 0.0762 e. The molecule has 3 atom stereocenters. The third-order valence-electron chi connectivity index (χ3n) is 3.89. The van der Waals surface area contributed by atoms with E-state index in [4.69, 9.17) is 23.2 Å². The van der Waals surface area contributed by atoms with Gasteiger partial charge in [-0.25, -0.2) is 0 Å². The average Bonchev–Trinajstić information content (AvgIpc) is 2.33. The van der Waals surface area contributed by atoms with Gasteiger partial charge in [-0.2, -0.15) is 0 Å². The van der Waals surface area contributed by atoms with Gasteiger partial charge >= 0.3 is 0 Å². The zero-order valence-corrected chi connectivity index (χ0v) is 12.4. The van der Waals surface area contributed by atoms with Crippen LogP contribution in [0, 0.1) is 11.8 Å². The van der Waals surface area contributed by atoms with Gasteiger partial charge in [-0.3, -0.25) is 4.98 Å². The van der Waals surface area contributed by atoms with Gasteiger partial charge in [-0.1, -0.05) is 43.0 Å². The first-order chi connectivity index (χ1) is 8.61. The third-order valence-corrected chi connectivity index (χ3v) is 4.40. The fourth-order valence-electron chi connectivity index (χ4n) is 3.03. The zero-order chi connectivity index (χ0) is 13.1. The Labute approximate surface area is 119 Å². The summed E-state index contributed by atoms with van der Waals surface area (Å²) in [5.74, 6) is 1.41. The molecular weight excluding hydrogens is 267 g/mol. The fourth-order valence-corrected chi connectivity index (χ4v) is 3.53. The highest BCUT2D eigenvalue weighted by molar-refractivity contribution is 6.34. The third kappa shape index (κ3) is 3.17. The van der Waals surface area contributed by atoms with E-state index in [2.05, 4.69) is 17.2 Å². The van der Waals surface area contributed by atoms with E-state index in [1.54, 1.807) is 12.3 Å². The normalized spacial score (nSPS) is 26.0. The zero-order valence-electron chi connectivity index (χ0n) is 10.9. The first-order valence-electron chi connectivity index (χ1n) is 6.60. The van der Waals surface area contributed by atoms with E-state index >= 15 is 0 Å². The van der Waals surface area contributed by atoms with Crippen LogP contribution in [0.3, 0.4) is 0 Å². The topological polar surface area (TPSA) is 24.9 Å². The molecule has 1 heterocycles. The minimum Gasteiger partial charge on any atom is -0.311 e. The van der Waals surface area contributed by atoms with Crippen LogP contribution in [0.5, 0.6) is 0 Å². The van der Waals surface area contributed by atoms with E-state index < -0.39 is 0 Å². The molecule has 0 amide bonds. The number of rotatable bonds is 3. The number of nitrogens with one attached hydrogen (secondary N) is 1. The molecule has 1 aliphatic carbocycles. The minimum atomic E-state index is 0.234. The molecule has 18 heavy (non-hydrogen) atoms. The molecule has 1 aromatic heterocycles. The second-order valence-electron chi connectivity index (χ2n) is 5.32. The van der Waals surface area contributed by atoms with E-state index in [-0.39, 0.29) is 6.04 Å². The monoisotopic (exact) mass is 286 g/mol. The van der Waals surface area contributed by atoms with Crippen molar-refractivity contribution in [2.24, 2.45) is 11.8 Å². The number of hydrogen-bond donors (Lipinski definition) is 1. The molecule has 100 valence electrons. The van der Waals surface area contributed by atoms with E-state index in [1.807, 2.05) is 7.05 Å². The highest BCUT2D eigenvalue weighted by Crippen LogP contribution is 2.38. The van der Waals surface area contributed by atoms with Crippen molar-refractivity contribution < 1.29 is 0 Å². The molecule has 0 spiro atoms. The van der Waals surface area contributed by atoms with Gasteiger partial charge in [0, 0.05) is 6.20 Å². The van der Waals surface area contributed by atoms with Crippen molar-refractivity contribution in [3.63, 3.8) is 0 Å². The first kappa shape index (κ1) is 14.1. The summed E-state index contributed by atoms with van der Waals surface area (Å²) in [5, 5.41) is 4.64. The Morgan fingerprint density at radius 2 is 2.17 bits per heavy atom. The number of nitrogens with zero attached hydrogens (tertiary/aromatic N) is 1. The fraction of sp³-hybridized carbons (Fsp3) is 0.643. The molecule has 0 aromatic carbocycles. The van der Waals surface area contributed by atoms with Crippen LogP contribution in [0.2, 0.25) is 10.0 Å². The molecule has 0 radical (unpaired) electrons. The molecule has 0 bridgehead atoms. The maximum Gasteiger partial charge on any atom is 0.0762 e. The van der Waals surface area contributed by atoms with Crippen molar-refractivity contribution in [2.75, 3.05) is 7.05 Å². The molecule has 4 heteroatoms. The van der Waals surface area contributed by atoms with Crippen molar-refractivity contribution in [3.05, 3.63) is 28.0 Å². The van der Waals surface area contributed by atoms with Gasteiger partial charge in [0.05, 0.1) is 21.8 Å². The van der Waals surface area contributed by atoms with Gasteiger partial charge < -0.3 is 5.32 Å². The van der Waals surface area contributed by atoms with Crippen LogP contribution < -0.4 is 5.32 Å². The molecule has 2 nitrogen and oxygen atoms in total. The molecule has 0 aliphatic heterocycles. The van der Waals surface area contributed by atoms with Crippen molar-refractivity contribution in [2.45, 2.75) is 38.6 Å². The lowest BCUT2D eigenvalue weighted by Gasteiger charge is -2.33. The highest BCUT2D eigenvalue weighted by atomic mass is 35.5. The second-order valence-corrected chi connectivity index (χ2v) is 6.16. The summed E-state index contributed by atoms with van der Waals surface area (Å²) in [6.45, 7) is 2.33. The van der Waals surface area contributed by atoms with Crippen molar-refractivity contribution in [3.8, 4) is 0 Å². The van der Waals surface area contributed by atoms with Gasteiger partial charge in [0.2, 0.25) is 0 Å². The van der Waals surface area contributed by atoms with E-state index in [0.717, 1.165) is 11.6 Å². The maximum absolute atomic E-state index is 6.27. The molecule has 1 saturated carbocycles. The summed E-state index contributed by atoms with van der Waals surface area (Å²) in [7, 11) is 1.98. The number of pyridine rings is 1. The van der Waals surface area contributed by atoms with Crippen LogP contribution >= 0.6 is 23.2 Å². The summed E-state index contributed by atoms with van der Waals surface area (Å²) in [6, 6.07) is 2.01. The van der Waals surface area contributed by atoms with Crippen LogP contribution in [-0.2, 0) is 0 Å². The minimum absolute atomic E-state index is 0.234. The summed E-state index contributed by atoms with van der Waals surface area (Å²) in [6.07, 6.45) is 6.81. The van der Waals surface area contributed by atoms with E-state index in [1.165, 1.54) is 25.7 Å². The summed E-state index contributed by atoms with van der Waals surface area (Å²) in [4.78, 5) is 4.42. The van der Waals surface area contributed by atoms with Crippen molar-refractivity contribution >= 4 is 23.2 Å². The largest absolute Gasteiger partial charge is 0.311 e. The van der Waals surface area contributed by atoms with E-state index in [0.29, 0.717) is 16.0 Å². The quantitative estimate of drug-likeness (QED) is 0.886. The van der Waals surface area contributed by atoms with Crippen molar-refractivity contribution in [1.82, 2.24) is 10.3 Å². The lowest BCUT2D eigenvalue weighted by atomic mass is 9.77. The lowest BCUT2D eigenvalue weighted by molar-refractivity contribution is 0.227. The van der Waals surface area contributed by atoms with Gasteiger partial charge in [0.25, 0.3) is 0 Å². The van der Waals surface area contributed by atoms with Crippen molar-refractivity contribution in [1.29, 1.82) is 0 Å². The Kier molecular flexibility index (Phi) is 4.88. The first-order valence-corrected chi connectivity index (χ1v) is 7.35. The SMILES string of the molecule is CNC(c1ncc(Cl)cc1Cl)C1CCCC(C)C1. The number of hydrogen-bond acceptors (Lipinski definition) is 2. The Hall–Kier alpha value is -0.310. The summed E-state index contributed by atoms with van der Waals surface area (Å²) < 4.78 is 0. The molecule has 1 aromatic rings. The van der Waals surface area contributed by atoms with Gasteiger partial charge in [-0.15, -0.1) is 0 Å². The van der Waals surface area contributed by atoms with Crippen LogP contribution in [-0.4, -0.2) is 12.0 Å². The lowest BCUT2D eigenvalue weighted by Crippen LogP contribution is -2.29. The molecular formula is C14H20Cl2N2. The van der Waals surface area contributed by atoms with Gasteiger partial charge in [-0.05, 0) is 37.8 Å². The van der Waals surface area contributed by atoms with E-state index in [9.17, 15) is 0 Å². The predicted octanol–water partition coefficient (Wildman–Crippen LogP) is 4.48. The number of halogens is 2. The molecule has 1 fully saturated rings. The summed E-state index contributed by atoms with van der Waals surface area (Å²) in [5.41, 5.74) is 0.933. The van der Waals surface area contributed by atoms with Crippen LogP contribution in [0.25, 0.3) is 0 Å². The Bertz CT molecular complexity index is 409. The van der Waals surface area contributed by atoms with Gasteiger partial charge in [0.1, 0.15) is 0 Å². The Morgan fingerprint density at radius 1 is 1.39 bits per heavy atom.